The summed E-state index contributed by atoms with van der Waals surface area (Å²) in [5.74, 6) is -1.08. The summed E-state index contributed by atoms with van der Waals surface area (Å²) in [5, 5.41) is 8.23. The molecule has 0 spiro atoms. The van der Waals surface area contributed by atoms with Crippen LogP contribution in [0.15, 0.2) is 36.7 Å². The van der Waals surface area contributed by atoms with E-state index in [0.717, 1.165) is 16.1 Å². The molecule has 28 heavy (non-hydrogen) atoms. The van der Waals surface area contributed by atoms with Crippen molar-refractivity contribution < 1.29 is 19.1 Å². The van der Waals surface area contributed by atoms with Crippen LogP contribution in [0.1, 0.15) is 48.7 Å². The van der Waals surface area contributed by atoms with Crippen LogP contribution in [0.4, 0.5) is 10.5 Å². The Balaban J connectivity index is 2.21. The molecule has 148 valence electrons. The number of anilines is 1. The number of rotatable bonds is 4. The number of carbonyl (C=O) groups is 3. The van der Waals surface area contributed by atoms with E-state index in [1.54, 1.807) is 32.9 Å². The lowest BCUT2D eigenvalue weighted by atomic mass is 10.1. The molecular weight excluding hydrogens is 360 g/mol. The zero-order chi connectivity index (χ0) is 20.9. The van der Waals surface area contributed by atoms with Crippen LogP contribution in [0.3, 0.4) is 0 Å². The van der Waals surface area contributed by atoms with Crippen molar-refractivity contribution in [2.75, 3.05) is 5.01 Å². The maximum Gasteiger partial charge on any atom is 0.434 e. The highest BCUT2D eigenvalue weighted by atomic mass is 16.6. The molecule has 0 aliphatic rings. The molecule has 0 unspecified atom stereocenters. The quantitative estimate of drug-likeness (QED) is 0.494. The summed E-state index contributed by atoms with van der Waals surface area (Å²) < 4.78 is 5.38. The summed E-state index contributed by atoms with van der Waals surface area (Å²) in [6.45, 7) is 9.02. The highest BCUT2D eigenvalue weighted by Gasteiger charge is 2.26. The largest absolute Gasteiger partial charge is 0.442 e. The van der Waals surface area contributed by atoms with Gasteiger partial charge in [0.15, 0.2) is 5.78 Å². The monoisotopic (exact) mass is 384 g/mol. The Bertz CT molecular complexity index is 876. The first-order valence-corrected chi connectivity index (χ1v) is 8.76. The molecule has 1 aromatic carbocycles. The molecule has 0 fully saturated rings. The van der Waals surface area contributed by atoms with Crippen LogP contribution in [0.2, 0.25) is 0 Å². The van der Waals surface area contributed by atoms with Gasteiger partial charge in [0.25, 0.3) is 0 Å². The fourth-order valence-electron chi connectivity index (χ4n) is 2.26. The van der Waals surface area contributed by atoms with Crippen molar-refractivity contribution in [3.8, 4) is 0 Å². The predicted molar refractivity (Wildman–Crippen MR) is 104 cm³/mol. The van der Waals surface area contributed by atoms with E-state index in [2.05, 4.69) is 15.6 Å². The van der Waals surface area contributed by atoms with Crippen LogP contribution in [-0.2, 0) is 9.53 Å². The van der Waals surface area contributed by atoms with Gasteiger partial charge in [0.2, 0.25) is 5.91 Å². The third-order valence-corrected chi connectivity index (χ3v) is 3.79. The lowest BCUT2D eigenvalue weighted by molar-refractivity contribution is -0.120. The Morgan fingerprint density at radius 1 is 1.07 bits per heavy atom. The number of ketones is 1. The van der Waals surface area contributed by atoms with E-state index in [-0.39, 0.29) is 5.56 Å². The molecule has 2 aromatic rings. The van der Waals surface area contributed by atoms with Crippen molar-refractivity contribution in [3.05, 3.63) is 53.3 Å². The maximum atomic E-state index is 12.6. The molecule has 1 heterocycles. The summed E-state index contributed by atoms with van der Waals surface area (Å²) in [7, 11) is 0. The number of carbonyl (C=O) groups excluding carboxylic acids is 3. The zero-order valence-electron chi connectivity index (χ0n) is 16.6. The number of nitrogens with zero attached hydrogens (tertiary/aromatic N) is 3. The van der Waals surface area contributed by atoms with Crippen LogP contribution in [0, 0.1) is 13.8 Å². The lowest BCUT2D eigenvalue weighted by Gasteiger charge is -2.28. The average molecular weight is 384 g/mol. The van der Waals surface area contributed by atoms with E-state index in [9.17, 15) is 14.4 Å². The molecule has 0 aliphatic carbocycles. The van der Waals surface area contributed by atoms with Gasteiger partial charge in [0, 0.05) is 5.56 Å². The van der Waals surface area contributed by atoms with Gasteiger partial charge in [-0.1, -0.05) is 6.07 Å². The number of hydrazine groups is 1. The summed E-state index contributed by atoms with van der Waals surface area (Å²) in [6.07, 6.45) is 1.45. The number of hydrogen-bond donors (Lipinski definition) is 1. The zero-order valence-corrected chi connectivity index (χ0v) is 16.6. The van der Waals surface area contributed by atoms with Gasteiger partial charge in [-0.25, -0.2) is 4.79 Å². The lowest BCUT2D eigenvalue weighted by Crippen LogP contribution is -2.49. The van der Waals surface area contributed by atoms with E-state index >= 15 is 0 Å². The van der Waals surface area contributed by atoms with Crippen molar-refractivity contribution >= 4 is 23.5 Å². The van der Waals surface area contributed by atoms with Gasteiger partial charge in [-0.05, 0) is 63.9 Å². The smallest absolute Gasteiger partial charge is 0.434 e. The van der Waals surface area contributed by atoms with Crippen molar-refractivity contribution in [2.45, 2.75) is 46.6 Å². The summed E-state index contributed by atoms with van der Waals surface area (Å²) >= 11 is 0. The van der Waals surface area contributed by atoms with Gasteiger partial charge in [0.05, 0.1) is 24.5 Å². The Labute approximate surface area is 163 Å². The molecule has 0 atom stereocenters. The standard InChI is InChI=1S/C20H24N4O4/c1-13-6-7-16(10-14(13)2)24(19(27)28-20(3,4)5)23-18(26)11-17(25)15-8-9-21-22-12-15/h6-10,12H,11H2,1-5H3,(H,23,26). The number of ether oxygens (including phenoxy) is 1. The van der Waals surface area contributed by atoms with Crippen LogP contribution in [0.5, 0.6) is 0 Å². The third kappa shape index (κ3) is 5.87. The Morgan fingerprint density at radius 3 is 2.36 bits per heavy atom. The molecule has 0 saturated carbocycles. The first kappa shape index (κ1) is 21.0. The molecule has 8 heteroatoms. The van der Waals surface area contributed by atoms with Gasteiger partial charge in [0.1, 0.15) is 5.60 Å². The predicted octanol–water partition coefficient (Wildman–Crippen LogP) is 3.14. The second-order valence-electron chi connectivity index (χ2n) is 7.35. The summed E-state index contributed by atoms with van der Waals surface area (Å²) in [5.41, 5.74) is 4.40. The summed E-state index contributed by atoms with van der Waals surface area (Å²) in [6, 6.07) is 6.76. The first-order valence-electron chi connectivity index (χ1n) is 8.76. The van der Waals surface area contributed by atoms with E-state index in [1.165, 1.54) is 18.5 Å². The van der Waals surface area contributed by atoms with Crippen LogP contribution >= 0.6 is 0 Å². The number of Topliss-reactive ketones (excluding diaryl/α,β-unsaturated/α-hetero) is 1. The fourth-order valence-corrected chi connectivity index (χ4v) is 2.26. The highest BCUT2D eigenvalue weighted by Crippen LogP contribution is 2.20. The molecular formula is C20H24N4O4. The minimum Gasteiger partial charge on any atom is -0.442 e. The van der Waals surface area contributed by atoms with E-state index in [4.69, 9.17) is 4.74 Å². The second-order valence-corrected chi connectivity index (χ2v) is 7.35. The Morgan fingerprint density at radius 2 is 1.79 bits per heavy atom. The third-order valence-electron chi connectivity index (χ3n) is 3.79. The molecule has 2 rings (SSSR count). The summed E-state index contributed by atoms with van der Waals surface area (Å²) in [4.78, 5) is 37.3. The Hall–Kier alpha value is -3.29. The van der Waals surface area contributed by atoms with E-state index in [0.29, 0.717) is 5.69 Å². The van der Waals surface area contributed by atoms with Crippen LogP contribution < -0.4 is 10.4 Å². The molecule has 2 amide bonds. The molecule has 0 bridgehead atoms. The van der Waals surface area contributed by atoms with Crippen molar-refractivity contribution in [3.63, 3.8) is 0 Å². The van der Waals surface area contributed by atoms with Crippen molar-refractivity contribution in [2.24, 2.45) is 0 Å². The van der Waals surface area contributed by atoms with Gasteiger partial charge in [-0.15, -0.1) is 0 Å². The van der Waals surface area contributed by atoms with Gasteiger partial charge in [-0.2, -0.15) is 15.2 Å². The highest BCUT2D eigenvalue weighted by molar-refractivity contribution is 6.08. The van der Waals surface area contributed by atoms with Crippen LogP contribution in [0.25, 0.3) is 0 Å². The number of hydrogen-bond acceptors (Lipinski definition) is 6. The SMILES string of the molecule is Cc1ccc(N(NC(=O)CC(=O)c2ccnnc2)C(=O)OC(C)(C)C)cc1C. The molecule has 1 aromatic heterocycles. The number of benzene rings is 1. The Kier molecular flexibility index (Phi) is 6.45. The minimum atomic E-state index is -0.752. The minimum absolute atomic E-state index is 0.264. The molecule has 1 N–H and O–H groups in total. The first-order chi connectivity index (χ1) is 13.1. The van der Waals surface area contributed by atoms with Crippen LogP contribution in [-0.4, -0.2) is 33.6 Å². The molecule has 0 radical (unpaired) electrons. The van der Waals surface area contributed by atoms with Gasteiger partial charge < -0.3 is 4.74 Å². The van der Waals surface area contributed by atoms with Gasteiger partial charge >= 0.3 is 6.09 Å². The fraction of sp³-hybridized carbons (Fsp3) is 0.350. The number of amides is 2. The molecule has 0 aliphatic heterocycles. The van der Waals surface area contributed by atoms with Crippen molar-refractivity contribution in [1.29, 1.82) is 0 Å². The molecule has 0 saturated heterocycles. The number of aromatic nitrogens is 2. The van der Waals surface area contributed by atoms with E-state index in [1.807, 2.05) is 19.9 Å². The van der Waals surface area contributed by atoms with E-state index < -0.39 is 29.8 Å². The normalized spacial score (nSPS) is 10.9. The average Bonchev–Trinajstić information content (AvgIpc) is 2.61. The topological polar surface area (TPSA) is 101 Å². The van der Waals surface area contributed by atoms with Crippen molar-refractivity contribution in [1.82, 2.24) is 15.6 Å². The maximum absolute atomic E-state index is 12.6. The van der Waals surface area contributed by atoms with Gasteiger partial charge in [-0.3, -0.25) is 15.0 Å². The molecule has 8 nitrogen and oxygen atoms in total. The second kappa shape index (κ2) is 8.60. The number of aryl methyl sites for hydroxylation is 2. The number of nitrogens with one attached hydrogen (secondary N) is 1.